The van der Waals surface area contributed by atoms with Crippen LogP contribution in [0.4, 0.5) is 0 Å². The molecule has 0 saturated carbocycles. The third-order valence-electron chi connectivity index (χ3n) is 6.96. The average Bonchev–Trinajstić information content (AvgIpc) is 2.82. The van der Waals surface area contributed by atoms with E-state index in [9.17, 15) is 9.59 Å². The van der Waals surface area contributed by atoms with E-state index >= 15 is 0 Å². The van der Waals surface area contributed by atoms with E-state index in [2.05, 4.69) is 17.1 Å². The number of nitrogens with one attached hydrogen (secondary N) is 1. The molecule has 2 amide bonds. The summed E-state index contributed by atoms with van der Waals surface area (Å²) in [6, 6.07) is 14.5. The maximum atomic E-state index is 13.2. The molecule has 2 fully saturated rings. The molecular weight excluding hydrogens is 386 g/mol. The van der Waals surface area contributed by atoms with Crippen LogP contribution < -0.4 is 5.32 Å². The summed E-state index contributed by atoms with van der Waals surface area (Å²) in [6.07, 6.45) is 6.63. The Hall–Kier alpha value is -2.40. The summed E-state index contributed by atoms with van der Waals surface area (Å²) in [6.45, 7) is 6.49. The van der Waals surface area contributed by atoms with Crippen LogP contribution in [0.25, 0.3) is 10.8 Å². The molecule has 31 heavy (non-hydrogen) atoms. The van der Waals surface area contributed by atoms with Crippen LogP contribution >= 0.6 is 0 Å². The fourth-order valence-corrected chi connectivity index (χ4v) is 5.09. The highest BCUT2D eigenvalue weighted by molar-refractivity contribution is 6.07. The Bertz CT molecular complexity index is 907. The van der Waals surface area contributed by atoms with Crippen LogP contribution in [0.3, 0.4) is 0 Å². The molecule has 2 aromatic carbocycles. The number of fused-ring (bicyclic) bond motifs is 1. The molecule has 2 aromatic rings. The second-order valence-electron chi connectivity index (χ2n) is 9.14. The maximum Gasteiger partial charge on any atom is 0.254 e. The van der Waals surface area contributed by atoms with Crippen molar-refractivity contribution in [1.82, 2.24) is 15.1 Å². The van der Waals surface area contributed by atoms with Crippen LogP contribution in [-0.2, 0) is 4.79 Å². The van der Waals surface area contributed by atoms with Gasteiger partial charge in [-0.2, -0.15) is 0 Å². The number of carbonyl (C=O) groups is 2. The lowest BCUT2D eigenvalue weighted by Crippen LogP contribution is -2.46. The van der Waals surface area contributed by atoms with E-state index in [-0.39, 0.29) is 17.7 Å². The number of piperidine rings is 2. The normalized spacial score (nSPS) is 22.4. The van der Waals surface area contributed by atoms with E-state index in [1.54, 1.807) is 0 Å². The quantitative estimate of drug-likeness (QED) is 0.716. The minimum Gasteiger partial charge on any atom is -0.356 e. The van der Waals surface area contributed by atoms with E-state index in [4.69, 9.17) is 0 Å². The van der Waals surface area contributed by atoms with Gasteiger partial charge in [-0.1, -0.05) is 42.8 Å². The van der Waals surface area contributed by atoms with Gasteiger partial charge in [-0.05, 0) is 62.4 Å². The molecule has 4 rings (SSSR count). The minimum absolute atomic E-state index is 0.0355. The molecule has 2 aliphatic heterocycles. The van der Waals surface area contributed by atoms with Gasteiger partial charge in [0, 0.05) is 37.8 Å². The number of amides is 2. The fourth-order valence-electron chi connectivity index (χ4n) is 5.09. The molecule has 0 spiro atoms. The molecule has 1 N–H and O–H groups in total. The topological polar surface area (TPSA) is 52.7 Å². The van der Waals surface area contributed by atoms with E-state index in [1.807, 2.05) is 47.4 Å². The van der Waals surface area contributed by atoms with Crippen molar-refractivity contribution in [1.29, 1.82) is 0 Å². The van der Waals surface area contributed by atoms with Gasteiger partial charge < -0.3 is 15.1 Å². The van der Waals surface area contributed by atoms with Crippen LogP contribution in [0.5, 0.6) is 0 Å². The highest BCUT2D eigenvalue weighted by Crippen LogP contribution is 2.24. The number of carbonyl (C=O) groups excluding carboxylic acids is 2. The average molecular weight is 422 g/mol. The summed E-state index contributed by atoms with van der Waals surface area (Å²) in [5.41, 5.74) is 0.731. The largest absolute Gasteiger partial charge is 0.356 e. The molecule has 0 aromatic heterocycles. The lowest BCUT2D eigenvalue weighted by atomic mass is 9.95. The van der Waals surface area contributed by atoms with Gasteiger partial charge in [0.1, 0.15) is 0 Å². The van der Waals surface area contributed by atoms with Gasteiger partial charge in [-0.25, -0.2) is 0 Å². The molecule has 2 unspecified atom stereocenters. The molecule has 2 heterocycles. The first-order valence-corrected chi connectivity index (χ1v) is 11.9. The molecule has 0 radical (unpaired) electrons. The number of benzene rings is 2. The molecule has 166 valence electrons. The first-order valence-electron chi connectivity index (χ1n) is 11.9. The third kappa shape index (κ3) is 5.27. The number of hydrogen-bond acceptors (Lipinski definition) is 3. The highest BCUT2D eigenvalue weighted by atomic mass is 16.2. The molecule has 0 aliphatic carbocycles. The van der Waals surface area contributed by atoms with E-state index < -0.39 is 0 Å². The van der Waals surface area contributed by atoms with Gasteiger partial charge in [0.15, 0.2) is 0 Å². The van der Waals surface area contributed by atoms with Crippen LogP contribution in [0.1, 0.15) is 55.8 Å². The molecule has 2 atom stereocenters. The van der Waals surface area contributed by atoms with E-state index in [0.717, 1.165) is 55.2 Å². The van der Waals surface area contributed by atoms with Crippen molar-refractivity contribution in [2.45, 2.75) is 51.5 Å². The second kappa shape index (κ2) is 10.3. The van der Waals surface area contributed by atoms with Crippen LogP contribution in [-0.4, -0.2) is 60.4 Å². The van der Waals surface area contributed by atoms with Gasteiger partial charge in [-0.3, -0.25) is 9.59 Å². The maximum absolute atomic E-state index is 13.2. The lowest BCUT2D eigenvalue weighted by molar-refractivity contribution is -0.126. The van der Waals surface area contributed by atoms with Gasteiger partial charge in [0.25, 0.3) is 5.91 Å². The monoisotopic (exact) mass is 421 g/mol. The van der Waals surface area contributed by atoms with Gasteiger partial charge in [0.2, 0.25) is 5.91 Å². The summed E-state index contributed by atoms with van der Waals surface area (Å²) in [5, 5.41) is 5.18. The Morgan fingerprint density at radius 3 is 2.71 bits per heavy atom. The van der Waals surface area contributed by atoms with Crippen molar-refractivity contribution in [3.8, 4) is 0 Å². The summed E-state index contributed by atoms with van der Waals surface area (Å²) in [4.78, 5) is 30.4. The predicted octanol–water partition coefficient (Wildman–Crippen LogP) is 4.07. The summed E-state index contributed by atoms with van der Waals surface area (Å²) in [7, 11) is 0. The van der Waals surface area contributed by atoms with Crippen molar-refractivity contribution < 1.29 is 9.59 Å². The third-order valence-corrected chi connectivity index (χ3v) is 6.96. The second-order valence-corrected chi connectivity index (χ2v) is 9.14. The smallest absolute Gasteiger partial charge is 0.254 e. The van der Waals surface area contributed by atoms with E-state index in [1.165, 1.54) is 25.8 Å². The van der Waals surface area contributed by atoms with Crippen molar-refractivity contribution >= 4 is 22.6 Å². The zero-order valence-corrected chi connectivity index (χ0v) is 18.7. The SMILES string of the molecule is CC1CCCCN1CCCNC(=O)C1CCCN(C(=O)c2cccc3ccccc23)C1. The van der Waals surface area contributed by atoms with Crippen LogP contribution in [0.2, 0.25) is 0 Å². The lowest BCUT2D eigenvalue weighted by Gasteiger charge is -2.33. The molecule has 5 heteroatoms. The van der Waals surface area contributed by atoms with Crippen molar-refractivity contribution in [3.05, 3.63) is 48.0 Å². The van der Waals surface area contributed by atoms with Crippen LogP contribution in [0, 0.1) is 5.92 Å². The number of rotatable bonds is 6. The minimum atomic E-state index is -0.110. The molecule has 5 nitrogen and oxygen atoms in total. The fraction of sp³-hybridized carbons (Fsp3) is 0.538. The van der Waals surface area contributed by atoms with Crippen LogP contribution in [0.15, 0.2) is 42.5 Å². The zero-order chi connectivity index (χ0) is 21.6. The number of hydrogen-bond donors (Lipinski definition) is 1. The molecule has 0 bridgehead atoms. The van der Waals surface area contributed by atoms with Gasteiger partial charge in [-0.15, -0.1) is 0 Å². The zero-order valence-electron chi connectivity index (χ0n) is 18.7. The molecule has 2 aliphatic rings. The molecular formula is C26H35N3O2. The first-order chi connectivity index (χ1) is 15.1. The first kappa shape index (κ1) is 21.8. The predicted molar refractivity (Wildman–Crippen MR) is 125 cm³/mol. The Morgan fingerprint density at radius 1 is 1.00 bits per heavy atom. The van der Waals surface area contributed by atoms with E-state index in [0.29, 0.717) is 12.6 Å². The van der Waals surface area contributed by atoms with Gasteiger partial charge in [0.05, 0.1) is 5.92 Å². The Balaban J connectivity index is 1.29. The summed E-state index contributed by atoms with van der Waals surface area (Å²) < 4.78 is 0. The summed E-state index contributed by atoms with van der Waals surface area (Å²) >= 11 is 0. The Morgan fingerprint density at radius 2 is 1.84 bits per heavy atom. The number of likely N-dealkylation sites (tertiary alicyclic amines) is 2. The Kier molecular flexibility index (Phi) is 7.23. The van der Waals surface area contributed by atoms with Gasteiger partial charge >= 0.3 is 0 Å². The van der Waals surface area contributed by atoms with Crippen molar-refractivity contribution in [2.24, 2.45) is 5.92 Å². The summed E-state index contributed by atoms with van der Waals surface area (Å²) in [5.74, 6) is 0.0251. The number of nitrogens with zero attached hydrogens (tertiary/aromatic N) is 2. The standard InChI is InChI=1S/C26H35N3O2/c1-20-9-4-5-16-28(20)18-8-15-27-25(30)22-12-7-17-29(19-22)26(31)24-14-6-11-21-10-2-3-13-23(21)24/h2-3,6,10-11,13-14,20,22H,4-5,7-9,12,15-19H2,1H3,(H,27,30). The van der Waals surface area contributed by atoms with Crippen molar-refractivity contribution in [2.75, 3.05) is 32.7 Å². The highest BCUT2D eigenvalue weighted by Gasteiger charge is 2.29. The molecule has 2 saturated heterocycles. The Labute approximate surface area is 185 Å². The van der Waals surface area contributed by atoms with Crippen molar-refractivity contribution in [3.63, 3.8) is 0 Å².